The Morgan fingerprint density at radius 2 is 1.59 bits per heavy atom. The largest absolute Gasteiger partial charge is 0.248 e. The fourth-order valence-corrected chi connectivity index (χ4v) is 4.01. The van der Waals surface area contributed by atoms with Gasteiger partial charge in [-0.25, -0.2) is 4.98 Å². The molecule has 112 valence electrons. The molecule has 1 heterocycles. The Bertz CT molecular complexity index is 844. The van der Waals surface area contributed by atoms with Gasteiger partial charge in [0.1, 0.15) is 0 Å². The molecule has 0 unspecified atom stereocenters. The molecule has 0 aliphatic carbocycles. The highest BCUT2D eigenvalue weighted by atomic mass is 28.3. The summed E-state index contributed by atoms with van der Waals surface area (Å²) in [4.78, 5) is 4.87. The summed E-state index contributed by atoms with van der Waals surface area (Å²) in [5.41, 5.74) is 5.94. The van der Waals surface area contributed by atoms with Crippen LogP contribution in [0.25, 0.3) is 22.2 Å². The van der Waals surface area contributed by atoms with E-state index in [4.69, 9.17) is 4.98 Å². The van der Waals surface area contributed by atoms with Crippen LogP contribution in [0.1, 0.15) is 11.1 Å². The zero-order valence-electron chi connectivity index (χ0n) is 14.1. The van der Waals surface area contributed by atoms with Crippen LogP contribution in [0.15, 0.2) is 48.5 Å². The SMILES string of the molecule is Cc1ccc(-c2ccc3cc([Si](C)(C)C)ccc3n2)c(C)c1. The summed E-state index contributed by atoms with van der Waals surface area (Å²) >= 11 is 0. The van der Waals surface area contributed by atoms with Crippen LogP contribution in [0, 0.1) is 13.8 Å². The minimum absolute atomic E-state index is 1.06. The van der Waals surface area contributed by atoms with Crippen LogP contribution in [0.3, 0.4) is 0 Å². The van der Waals surface area contributed by atoms with Gasteiger partial charge in [0, 0.05) is 10.9 Å². The summed E-state index contributed by atoms with van der Waals surface area (Å²) in [6.07, 6.45) is 0. The first-order valence-corrected chi connectivity index (χ1v) is 11.3. The maximum Gasteiger partial charge on any atom is 0.0776 e. The van der Waals surface area contributed by atoms with Crippen LogP contribution in [0.2, 0.25) is 19.6 Å². The third kappa shape index (κ3) is 2.84. The summed E-state index contributed by atoms with van der Waals surface area (Å²) in [5, 5.41) is 2.73. The Balaban J connectivity index is 2.11. The molecule has 22 heavy (non-hydrogen) atoms. The molecule has 0 radical (unpaired) electrons. The fraction of sp³-hybridized carbons (Fsp3) is 0.250. The van der Waals surface area contributed by atoms with E-state index < -0.39 is 8.07 Å². The zero-order chi connectivity index (χ0) is 15.9. The van der Waals surface area contributed by atoms with Crippen molar-refractivity contribution in [3.8, 4) is 11.3 Å². The lowest BCUT2D eigenvalue weighted by Gasteiger charge is -2.17. The van der Waals surface area contributed by atoms with E-state index in [-0.39, 0.29) is 0 Å². The minimum Gasteiger partial charge on any atom is -0.248 e. The zero-order valence-corrected chi connectivity index (χ0v) is 15.1. The maximum atomic E-state index is 4.87. The quantitative estimate of drug-likeness (QED) is 0.603. The van der Waals surface area contributed by atoms with E-state index in [0.29, 0.717) is 0 Å². The number of fused-ring (bicyclic) bond motifs is 1. The molecule has 0 spiro atoms. The average Bonchev–Trinajstić information content (AvgIpc) is 2.45. The molecule has 3 rings (SSSR count). The first-order chi connectivity index (χ1) is 10.3. The Kier molecular flexibility index (Phi) is 3.65. The average molecular weight is 305 g/mol. The molecule has 0 N–H and O–H groups in total. The van der Waals surface area contributed by atoms with E-state index in [1.165, 1.54) is 27.3 Å². The first-order valence-electron chi connectivity index (χ1n) is 7.83. The number of hydrogen-bond donors (Lipinski definition) is 0. The molecule has 0 bridgehead atoms. The van der Waals surface area contributed by atoms with E-state index >= 15 is 0 Å². The van der Waals surface area contributed by atoms with Crippen LogP contribution in [0.4, 0.5) is 0 Å². The van der Waals surface area contributed by atoms with Crippen molar-refractivity contribution >= 4 is 24.2 Å². The Morgan fingerprint density at radius 1 is 0.818 bits per heavy atom. The number of nitrogens with zero attached hydrogens (tertiary/aromatic N) is 1. The smallest absolute Gasteiger partial charge is 0.0776 e. The lowest BCUT2D eigenvalue weighted by molar-refractivity contribution is 1.33. The molecule has 0 amide bonds. The number of hydrogen-bond acceptors (Lipinski definition) is 1. The van der Waals surface area contributed by atoms with E-state index in [1.54, 1.807) is 0 Å². The van der Waals surface area contributed by atoms with Crippen molar-refractivity contribution in [2.75, 3.05) is 0 Å². The predicted molar refractivity (Wildman–Crippen MR) is 99.6 cm³/mol. The third-order valence-electron chi connectivity index (χ3n) is 4.21. The van der Waals surface area contributed by atoms with Crippen LogP contribution in [-0.2, 0) is 0 Å². The van der Waals surface area contributed by atoms with E-state index in [2.05, 4.69) is 82.0 Å². The highest BCUT2D eigenvalue weighted by Gasteiger charge is 2.16. The molecule has 0 aliphatic heterocycles. The molecule has 0 aliphatic rings. The molecule has 3 aromatic rings. The first kappa shape index (κ1) is 15.0. The second kappa shape index (κ2) is 5.36. The van der Waals surface area contributed by atoms with Crippen molar-refractivity contribution < 1.29 is 0 Å². The summed E-state index contributed by atoms with van der Waals surface area (Å²) < 4.78 is 0. The highest BCUT2D eigenvalue weighted by Crippen LogP contribution is 2.24. The van der Waals surface area contributed by atoms with Crippen LogP contribution < -0.4 is 5.19 Å². The number of benzene rings is 2. The molecular formula is C20H23NSi. The van der Waals surface area contributed by atoms with E-state index in [1.807, 2.05) is 0 Å². The number of pyridine rings is 1. The number of aryl methyl sites for hydroxylation is 2. The van der Waals surface area contributed by atoms with Gasteiger partial charge in [-0.15, -0.1) is 0 Å². The van der Waals surface area contributed by atoms with Gasteiger partial charge < -0.3 is 0 Å². The Labute approximate surface area is 134 Å². The van der Waals surface area contributed by atoms with Gasteiger partial charge in [0.25, 0.3) is 0 Å². The molecular weight excluding hydrogens is 282 g/mol. The lowest BCUT2D eigenvalue weighted by atomic mass is 10.0. The van der Waals surface area contributed by atoms with Crippen molar-refractivity contribution in [3.63, 3.8) is 0 Å². The second-order valence-corrected chi connectivity index (χ2v) is 12.2. The number of rotatable bonds is 2. The summed E-state index contributed by atoms with van der Waals surface area (Å²) in [7, 11) is -1.27. The molecule has 0 saturated heterocycles. The van der Waals surface area contributed by atoms with Crippen LogP contribution in [0.5, 0.6) is 0 Å². The van der Waals surface area contributed by atoms with Gasteiger partial charge in [-0.3, -0.25) is 0 Å². The normalized spacial score (nSPS) is 11.9. The lowest BCUT2D eigenvalue weighted by Crippen LogP contribution is -2.37. The van der Waals surface area contributed by atoms with Gasteiger partial charge in [0.15, 0.2) is 0 Å². The van der Waals surface area contributed by atoms with Crippen molar-refractivity contribution in [3.05, 3.63) is 59.7 Å². The second-order valence-electron chi connectivity index (χ2n) is 7.17. The standard InChI is InChI=1S/C20H23NSi/c1-14-6-9-18(15(2)12-14)20-10-7-16-13-17(22(3,4)5)8-11-19(16)21-20/h6-13H,1-5H3. The van der Waals surface area contributed by atoms with Crippen LogP contribution in [-0.4, -0.2) is 13.1 Å². The monoisotopic (exact) mass is 305 g/mol. The molecule has 2 aromatic carbocycles. The Hall–Kier alpha value is -1.93. The minimum atomic E-state index is -1.27. The van der Waals surface area contributed by atoms with Gasteiger partial charge in [0.05, 0.1) is 19.3 Å². The predicted octanol–water partition coefficient (Wildman–Crippen LogP) is 5.06. The van der Waals surface area contributed by atoms with Crippen molar-refractivity contribution in [2.45, 2.75) is 33.5 Å². The van der Waals surface area contributed by atoms with Crippen molar-refractivity contribution in [2.24, 2.45) is 0 Å². The van der Waals surface area contributed by atoms with Crippen LogP contribution >= 0.6 is 0 Å². The molecule has 2 heteroatoms. The third-order valence-corrected chi connectivity index (χ3v) is 6.26. The van der Waals surface area contributed by atoms with Crippen molar-refractivity contribution in [1.29, 1.82) is 0 Å². The molecule has 0 saturated carbocycles. The number of aromatic nitrogens is 1. The van der Waals surface area contributed by atoms with Gasteiger partial charge in [-0.2, -0.15) is 0 Å². The summed E-state index contributed by atoms with van der Waals surface area (Å²) in [6.45, 7) is 11.4. The summed E-state index contributed by atoms with van der Waals surface area (Å²) in [6, 6.07) is 17.7. The molecule has 0 fully saturated rings. The van der Waals surface area contributed by atoms with E-state index in [0.717, 1.165) is 11.2 Å². The molecule has 1 aromatic heterocycles. The summed E-state index contributed by atoms with van der Waals surface area (Å²) in [5.74, 6) is 0. The van der Waals surface area contributed by atoms with Gasteiger partial charge in [-0.1, -0.05) is 66.8 Å². The van der Waals surface area contributed by atoms with Gasteiger partial charge >= 0.3 is 0 Å². The fourth-order valence-electron chi connectivity index (χ4n) is 2.84. The molecule has 1 nitrogen and oxygen atoms in total. The van der Waals surface area contributed by atoms with E-state index in [9.17, 15) is 0 Å². The molecule has 0 atom stereocenters. The maximum absolute atomic E-state index is 4.87. The van der Waals surface area contributed by atoms with Crippen molar-refractivity contribution in [1.82, 2.24) is 4.98 Å². The highest BCUT2D eigenvalue weighted by molar-refractivity contribution is 6.88. The Morgan fingerprint density at radius 3 is 2.27 bits per heavy atom. The van der Waals surface area contributed by atoms with Gasteiger partial charge in [0.2, 0.25) is 0 Å². The van der Waals surface area contributed by atoms with Gasteiger partial charge in [-0.05, 0) is 31.5 Å². The topological polar surface area (TPSA) is 12.9 Å².